The fraction of sp³-hybridized carbons (Fsp3) is 0.211. The van der Waals surface area contributed by atoms with E-state index in [2.05, 4.69) is 10.2 Å². The Labute approximate surface area is 155 Å². The molecule has 0 N–H and O–H groups in total. The van der Waals surface area contributed by atoms with Crippen LogP contribution in [0.4, 0.5) is 0 Å². The van der Waals surface area contributed by atoms with Crippen molar-refractivity contribution in [2.45, 2.75) is 11.6 Å². The molecule has 0 saturated carbocycles. The zero-order valence-electron chi connectivity index (χ0n) is 14.5. The molecule has 0 bridgehead atoms. The zero-order chi connectivity index (χ0) is 17.9. The third kappa shape index (κ3) is 3.30. The van der Waals surface area contributed by atoms with Crippen LogP contribution in [0.2, 0.25) is 0 Å². The average Bonchev–Trinajstić information content (AvgIpc) is 3.10. The van der Waals surface area contributed by atoms with Crippen molar-refractivity contribution < 1.29 is 9.47 Å². The number of fused-ring (bicyclic) bond motifs is 1. The van der Waals surface area contributed by atoms with Gasteiger partial charge in [-0.25, -0.2) is 0 Å². The SMILES string of the molecule is COc1ccc(Cc2nnc3n2N=C(c2ccc(OC)cc2)CS3)cc1. The maximum atomic E-state index is 5.22. The van der Waals surface area contributed by atoms with E-state index in [0.29, 0.717) is 6.42 Å². The van der Waals surface area contributed by atoms with E-state index in [1.54, 1.807) is 26.0 Å². The van der Waals surface area contributed by atoms with Crippen molar-refractivity contribution in [2.75, 3.05) is 20.0 Å². The fourth-order valence-electron chi connectivity index (χ4n) is 2.73. The Morgan fingerprint density at radius 2 is 1.58 bits per heavy atom. The van der Waals surface area contributed by atoms with Crippen LogP contribution in [0.5, 0.6) is 11.5 Å². The molecule has 0 radical (unpaired) electrons. The predicted octanol–water partition coefficient (Wildman–Crippen LogP) is 3.24. The van der Waals surface area contributed by atoms with Gasteiger partial charge in [0.2, 0.25) is 5.16 Å². The molecule has 1 aromatic heterocycles. The Morgan fingerprint density at radius 1 is 0.923 bits per heavy atom. The van der Waals surface area contributed by atoms with Crippen LogP contribution in [-0.2, 0) is 6.42 Å². The first-order chi connectivity index (χ1) is 12.8. The van der Waals surface area contributed by atoms with Crippen LogP contribution in [0.25, 0.3) is 0 Å². The number of hydrogen-bond donors (Lipinski definition) is 0. The van der Waals surface area contributed by atoms with E-state index in [9.17, 15) is 0 Å². The van der Waals surface area contributed by atoms with E-state index < -0.39 is 0 Å². The van der Waals surface area contributed by atoms with E-state index >= 15 is 0 Å². The topological polar surface area (TPSA) is 61.5 Å². The van der Waals surface area contributed by atoms with Gasteiger partial charge in [0.25, 0.3) is 0 Å². The van der Waals surface area contributed by atoms with Crippen LogP contribution < -0.4 is 9.47 Å². The minimum Gasteiger partial charge on any atom is -0.497 e. The molecule has 0 aliphatic carbocycles. The van der Waals surface area contributed by atoms with Crippen LogP contribution in [0.3, 0.4) is 0 Å². The van der Waals surface area contributed by atoms with Gasteiger partial charge in [-0.2, -0.15) is 9.78 Å². The molecule has 0 saturated heterocycles. The molecule has 6 nitrogen and oxygen atoms in total. The van der Waals surface area contributed by atoms with Crippen molar-refractivity contribution in [2.24, 2.45) is 5.10 Å². The summed E-state index contributed by atoms with van der Waals surface area (Å²) in [7, 11) is 3.33. The molecule has 26 heavy (non-hydrogen) atoms. The van der Waals surface area contributed by atoms with E-state index in [1.807, 2.05) is 53.2 Å². The van der Waals surface area contributed by atoms with Crippen LogP contribution in [0.15, 0.2) is 58.8 Å². The molecular weight excluding hydrogens is 348 g/mol. The number of hydrogen-bond acceptors (Lipinski definition) is 6. The number of ether oxygens (including phenoxy) is 2. The maximum absolute atomic E-state index is 5.22. The van der Waals surface area contributed by atoms with Gasteiger partial charge in [0, 0.05) is 12.2 Å². The van der Waals surface area contributed by atoms with Gasteiger partial charge >= 0.3 is 0 Å². The number of nitrogens with zero attached hydrogens (tertiary/aromatic N) is 4. The van der Waals surface area contributed by atoms with Crippen molar-refractivity contribution >= 4 is 17.5 Å². The molecule has 4 rings (SSSR count). The van der Waals surface area contributed by atoms with E-state index in [4.69, 9.17) is 14.6 Å². The van der Waals surface area contributed by atoms with Crippen molar-refractivity contribution in [3.63, 3.8) is 0 Å². The summed E-state index contributed by atoms with van der Waals surface area (Å²) in [6.45, 7) is 0. The molecular formula is C19H18N4O2S. The normalized spacial score (nSPS) is 13.1. The van der Waals surface area contributed by atoms with Crippen molar-refractivity contribution in [3.8, 4) is 11.5 Å². The average molecular weight is 366 g/mol. The van der Waals surface area contributed by atoms with E-state index in [1.165, 1.54) is 0 Å². The summed E-state index contributed by atoms with van der Waals surface area (Å²) in [6, 6.07) is 15.9. The van der Waals surface area contributed by atoms with Gasteiger partial charge in [0.05, 0.1) is 19.9 Å². The Kier molecular flexibility index (Phi) is 4.62. The number of methoxy groups -OCH3 is 2. The predicted molar refractivity (Wildman–Crippen MR) is 101 cm³/mol. The third-order valence-electron chi connectivity index (χ3n) is 4.18. The highest BCUT2D eigenvalue weighted by molar-refractivity contribution is 7.99. The molecule has 0 fully saturated rings. The van der Waals surface area contributed by atoms with Gasteiger partial charge in [-0.1, -0.05) is 23.9 Å². The number of rotatable bonds is 5. The molecule has 132 valence electrons. The van der Waals surface area contributed by atoms with Gasteiger partial charge < -0.3 is 9.47 Å². The molecule has 3 aromatic rings. The molecule has 0 unspecified atom stereocenters. The maximum Gasteiger partial charge on any atom is 0.212 e. The Morgan fingerprint density at radius 3 is 2.23 bits per heavy atom. The second-order valence-electron chi connectivity index (χ2n) is 5.80. The molecule has 0 amide bonds. The highest BCUT2D eigenvalue weighted by Crippen LogP contribution is 2.26. The molecule has 0 spiro atoms. The lowest BCUT2D eigenvalue weighted by molar-refractivity contribution is 0.414. The van der Waals surface area contributed by atoms with Gasteiger partial charge in [-0.3, -0.25) is 0 Å². The van der Waals surface area contributed by atoms with Gasteiger partial charge in [0.15, 0.2) is 5.82 Å². The van der Waals surface area contributed by atoms with Crippen molar-refractivity contribution in [1.29, 1.82) is 0 Å². The van der Waals surface area contributed by atoms with Crippen molar-refractivity contribution in [1.82, 2.24) is 14.9 Å². The van der Waals surface area contributed by atoms with Crippen LogP contribution in [0.1, 0.15) is 17.0 Å². The quantitative estimate of drug-likeness (QED) is 0.694. The number of benzene rings is 2. The van der Waals surface area contributed by atoms with Gasteiger partial charge in [0.1, 0.15) is 11.5 Å². The standard InChI is InChI=1S/C19H18N4O2S/c1-24-15-7-3-13(4-8-15)11-18-20-21-19-23(18)22-17(12-26-19)14-5-9-16(25-2)10-6-14/h3-10H,11-12H2,1-2H3. The fourth-order valence-corrected chi connectivity index (χ4v) is 3.59. The highest BCUT2D eigenvalue weighted by Gasteiger charge is 2.20. The monoisotopic (exact) mass is 366 g/mol. The molecule has 2 aromatic carbocycles. The minimum atomic E-state index is 0.664. The van der Waals surface area contributed by atoms with Crippen LogP contribution in [0, 0.1) is 0 Å². The molecule has 1 aliphatic heterocycles. The molecule has 7 heteroatoms. The van der Waals surface area contributed by atoms with Crippen LogP contribution >= 0.6 is 11.8 Å². The van der Waals surface area contributed by atoms with Gasteiger partial charge in [-0.05, 0) is 47.5 Å². The Balaban J connectivity index is 1.61. The molecule has 0 atom stereocenters. The molecule has 1 aliphatic rings. The first-order valence-corrected chi connectivity index (χ1v) is 9.17. The smallest absolute Gasteiger partial charge is 0.212 e. The summed E-state index contributed by atoms with van der Waals surface area (Å²) in [6.07, 6.45) is 0.664. The Hall–Kier alpha value is -2.80. The van der Waals surface area contributed by atoms with E-state index in [-0.39, 0.29) is 0 Å². The highest BCUT2D eigenvalue weighted by atomic mass is 32.2. The second kappa shape index (κ2) is 7.21. The lowest BCUT2D eigenvalue weighted by Gasteiger charge is -2.14. The van der Waals surface area contributed by atoms with Crippen molar-refractivity contribution in [3.05, 3.63) is 65.5 Å². The lowest BCUT2D eigenvalue weighted by Crippen LogP contribution is -2.14. The van der Waals surface area contributed by atoms with Gasteiger partial charge in [-0.15, -0.1) is 10.2 Å². The first kappa shape index (κ1) is 16.7. The third-order valence-corrected chi connectivity index (χ3v) is 5.11. The lowest BCUT2D eigenvalue weighted by atomic mass is 10.1. The number of thioether (sulfide) groups is 1. The summed E-state index contributed by atoms with van der Waals surface area (Å²) < 4.78 is 12.3. The Bertz CT molecular complexity index is 933. The van der Waals surface area contributed by atoms with E-state index in [0.717, 1.165) is 45.1 Å². The zero-order valence-corrected chi connectivity index (χ0v) is 15.4. The first-order valence-electron chi connectivity index (χ1n) is 8.19. The van der Waals surface area contributed by atoms with Crippen LogP contribution in [-0.4, -0.2) is 40.6 Å². The number of aromatic nitrogens is 3. The summed E-state index contributed by atoms with van der Waals surface area (Å²) in [5.74, 6) is 3.27. The summed E-state index contributed by atoms with van der Waals surface area (Å²) in [5.41, 5.74) is 3.21. The summed E-state index contributed by atoms with van der Waals surface area (Å²) in [4.78, 5) is 0. The second-order valence-corrected chi connectivity index (χ2v) is 6.74. The minimum absolute atomic E-state index is 0.664. The summed E-state index contributed by atoms with van der Waals surface area (Å²) >= 11 is 1.65. The largest absolute Gasteiger partial charge is 0.497 e. The summed E-state index contributed by atoms with van der Waals surface area (Å²) in [5, 5.41) is 14.2. The molecule has 2 heterocycles.